The molecule has 0 aromatic heterocycles. The zero-order valence-corrected chi connectivity index (χ0v) is 13.5. The van der Waals surface area contributed by atoms with Gasteiger partial charge in [-0.25, -0.2) is 4.79 Å². The summed E-state index contributed by atoms with van der Waals surface area (Å²) in [6.07, 6.45) is 0. The lowest BCUT2D eigenvalue weighted by atomic mass is 10.2. The molecule has 1 heterocycles. The highest BCUT2D eigenvalue weighted by Crippen LogP contribution is 2.24. The fraction of sp³-hybridized carbons (Fsp3) is 0.375. The molecule has 2 rings (SSSR count). The number of esters is 1. The fourth-order valence-corrected chi connectivity index (χ4v) is 2.34. The Kier molecular flexibility index (Phi) is 5.23. The number of ether oxygens (including phenoxy) is 1. The number of rotatable bonds is 6. The normalized spacial score (nSPS) is 14.3. The molecule has 1 aromatic rings. The lowest BCUT2D eigenvalue weighted by Crippen LogP contribution is -2.31. The Morgan fingerprint density at radius 3 is 2.52 bits per heavy atom. The van der Waals surface area contributed by atoms with E-state index in [0.717, 1.165) is 5.69 Å². The van der Waals surface area contributed by atoms with Gasteiger partial charge in [-0.15, -0.1) is 0 Å². The Morgan fingerprint density at radius 1 is 1.35 bits per heavy atom. The van der Waals surface area contributed by atoms with E-state index >= 15 is 0 Å². The van der Waals surface area contributed by atoms with E-state index in [1.165, 1.54) is 12.0 Å². The van der Waals surface area contributed by atoms with Crippen LogP contribution in [0.2, 0.25) is 0 Å². The largest absolute Gasteiger partial charge is 0.466 e. The number of methoxy groups -OCH3 is 1. The molecule has 0 spiro atoms. The van der Waals surface area contributed by atoms with Crippen LogP contribution in [0.5, 0.6) is 0 Å². The number of benzene rings is 1. The fourth-order valence-electron chi connectivity index (χ4n) is 2.34. The van der Waals surface area contributed by atoms with Gasteiger partial charge in [0.05, 0.1) is 25.8 Å². The third-order valence-electron chi connectivity index (χ3n) is 3.61. The lowest BCUT2D eigenvalue weighted by molar-refractivity contribution is -0.136. The van der Waals surface area contributed by atoms with Crippen LogP contribution in [0.25, 0.3) is 0 Å². The standard InChI is InChI=1S/C16H21N3O4/c1-18(2)12-6-4-11(5-7-12)17-14-13(16(22)23-3)10-19(8-9-20)15(14)21/h4-7,17,20H,8-10H2,1-3H3. The first-order chi connectivity index (χ1) is 11.0. The maximum Gasteiger partial charge on any atom is 0.337 e. The summed E-state index contributed by atoms with van der Waals surface area (Å²) in [5.74, 6) is -0.873. The van der Waals surface area contributed by atoms with Crippen LogP contribution < -0.4 is 10.2 Å². The molecule has 0 bridgehead atoms. The lowest BCUT2D eigenvalue weighted by Gasteiger charge is -2.15. The number of hydrogen-bond acceptors (Lipinski definition) is 6. The molecule has 7 nitrogen and oxygen atoms in total. The van der Waals surface area contributed by atoms with Crippen molar-refractivity contribution in [3.05, 3.63) is 35.5 Å². The average molecular weight is 319 g/mol. The number of anilines is 2. The van der Waals surface area contributed by atoms with Crippen LogP contribution in [-0.2, 0) is 14.3 Å². The predicted octanol–water partition coefficient (Wildman–Crippen LogP) is 0.426. The van der Waals surface area contributed by atoms with Crippen LogP contribution in [0.1, 0.15) is 0 Å². The minimum atomic E-state index is -0.550. The van der Waals surface area contributed by atoms with Gasteiger partial charge in [0.15, 0.2) is 0 Å². The third kappa shape index (κ3) is 3.62. The van der Waals surface area contributed by atoms with E-state index in [1.807, 2.05) is 43.3 Å². The highest BCUT2D eigenvalue weighted by atomic mass is 16.5. The zero-order chi connectivity index (χ0) is 17.0. The second-order valence-corrected chi connectivity index (χ2v) is 5.36. The van der Waals surface area contributed by atoms with E-state index < -0.39 is 5.97 Å². The summed E-state index contributed by atoms with van der Waals surface area (Å²) in [6, 6.07) is 7.48. The van der Waals surface area contributed by atoms with Crippen molar-refractivity contribution in [3.63, 3.8) is 0 Å². The van der Waals surface area contributed by atoms with Crippen molar-refractivity contribution in [3.8, 4) is 0 Å². The smallest absolute Gasteiger partial charge is 0.337 e. The molecule has 0 radical (unpaired) electrons. The van der Waals surface area contributed by atoms with Crippen molar-refractivity contribution in [1.29, 1.82) is 0 Å². The van der Waals surface area contributed by atoms with Gasteiger partial charge < -0.3 is 25.0 Å². The van der Waals surface area contributed by atoms with Crippen LogP contribution in [0.3, 0.4) is 0 Å². The van der Waals surface area contributed by atoms with Crippen molar-refractivity contribution in [2.45, 2.75) is 0 Å². The van der Waals surface area contributed by atoms with Crippen molar-refractivity contribution < 1.29 is 19.4 Å². The van der Waals surface area contributed by atoms with Crippen molar-refractivity contribution >= 4 is 23.3 Å². The Balaban J connectivity index is 2.25. The average Bonchev–Trinajstić information content (AvgIpc) is 2.84. The molecule has 7 heteroatoms. The van der Waals surface area contributed by atoms with Crippen molar-refractivity contribution in [2.75, 3.05) is 51.1 Å². The highest BCUT2D eigenvalue weighted by Gasteiger charge is 2.34. The Morgan fingerprint density at radius 2 is 2.00 bits per heavy atom. The molecule has 1 aliphatic heterocycles. The number of aliphatic hydroxyl groups is 1. The van der Waals surface area contributed by atoms with Crippen LogP contribution in [0, 0.1) is 0 Å². The first-order valence-corrected chi connectivity index (χ1v) is 7.24. The van der Waals surface area contributed by atoms with Gasteiger partial charge in [0, 0.05) is 32.0 Å². The molecule has 0 aliphatic carbocycles. The summed E-state index contributed by atoms with van der Waals surface area (Å²) in [7, 11) is 5.15. The predicted molar refractivity (Wildman–Crippen MR) is 87.1 cm³/mol. The Bertz CT molecular complexity index is 623. The van der Waals surface area contributed by atoms with Gasteiger partial charge in [0.25, 0.3) is 5.91 Å². The number of β-amino-alcohol motifs (C(OH)–C–C–N with tert-alkyl or cyclic N) is 1. The summed E-state index contributed by atoms with van der Waals surface area (Å²) in [6.45, 7) is 0.138. The van der Waals surface area contributed by atoms with Gasteiger partial charge >= 0.3 is 5.97 Å². The molecule has 0 fully saturated rings. The molecule has 0 atom stereocenters. The molecule has 2 N–H and O–H groups in total. The molecule has 1 aliphatic rings. The van der Waals surface area contributed by atoms with E-state index in [0.29, 0.717) is 5.69 Å². The van der Waals surface area contributed by atoms with Gasteiger partial charge in [0.1, 0.15) is 5.70 Å². The number of nitrogens with zero attached hydrogens (tertiary/aromatic N) is 2. The monoisotopic (exact) mass is 319 g/mol. The van der Waals surface area contributed by atoms with E-state index in [9.17, 15) is 9.59 Å². The Hall–Kier alpha value is -2.54. The molecule has 0 saturated heterocycles. The van der Waals surface area contributed by atoms with Crippen LogP contribution in [0.15, 0.2) is 35.5 Å². The Labute approximate surface area is 135 Å². The number of amides is 1. The minimum absolute atomic E-state index is 0.129. The molecule has 1 aromatic carbocycles. The maximum atomic E-state index is 12.4. The number of nitrogens with one attached hydrogen (secondary N) is 1. The molecular weight excluding hydrogens is 298 g/mol. The van der Waals surface area contributed by atoms with Crippen LogP contribution in [0.4, 0.5) is 11.4 Å². The van der Waals surface area contributed by atoms with Gasteiger partial charge in [-0.1, -0.05) is 0 Å². The summed E-state index contributed by atoms with van der Waals surface area (Å²) < 4.78 is 4.74. The second-order valence-electron chi connectivity index (χ2n) is 5.36. The van der Waals surface area contributed by atoms with Crippen LogP contribution >= 0.6 is 0 Å². The number of aliphatic hydroxyl groups excluding tert-OH is 1. The molecule has 23 heavy (non-hydrogen) atoms. The van der Waals surface area contributed by atoms with E-state index in [4.69, 9.17) is 9.84 Å². The first kappa shape index (κ1) is 16.8. The van der Waals surface area contributed by atoms with Gasteiger partial charge in [-0.05, 0) is 24.3 Å². The topological polar surface area (TPSA) is 82.1 Å². The molecular formula is C16H21N3O4. The summed E-state index contributed by atoms with van der Waals surface area (Å²) >= 11 is 0. The van der Waals surface area contributed by atoms with E-state index in [2.05, 4.69) is 5.32 Å². The molecule has 1 amide bonds. The van der Waals surface area contributed by atoms with E-state index in [-0.39, 0.29) is 36.9 Å². The number of carbonyl (C=O) groups is 2. The SMILES string of the molecule is COC(=O)C1=C(Nc2ccc(N(C)C)cc2)C(=O)N(CCO)C1. The highest BCUT2D eigenvalue weighted by molar-refractivity contribution is 6.08. The van der Waals surface area contributed by atoms with Crippen molar-refractivity contribution in [1.82, 2.24) is 4.90 Å². The zero-order valence-electron chi connectivity index (χ0n) is 13.5. The number of hydrogen-bond donors (Lipinski definition) is 2. The van der Waals surface area contributed by atoms with E-state index in [1.54, 1.807) is 0 Å². The molecule has 0 saturated carbocycles. The maximum absolute atomic E-state index is 12.4. The molecule has 124 valence electrons. The third-order valence-corrected chi connectivity index (χ3v) is 3.61. The molecule has 0 unspecified atom stereocenters. The first-order valence-electron chi connectivity index (χ1n) is 7.24. The van der Waals surface area contributed by atoms with Crippen molar-refractivity contribution in [2.24, 2.45) is 0 Å². The van der Waals surface area contributed by atoms with Crippen LogP contribution in [-0.4, -0.2) is 62.8 Å². The minimum Gasteiger partial charge on any atom is -0.466 e. The van der Waals surface area contributed by atoms with Gasteiger partial charge in [-0.2, -0.15) is 0 Å². The van der Waals surface area contributed by atoms with Gasteiger partial charge in [0.2, 0.25) is 0 Å². The summed E-state index contributed by atoms with van der Waals surface area (Å²) in [5, 5.41) is 12.0. The summed E-state index contributed by atoms with van der Waals surface area (Å²) in [5.41, 5.74) is 2.19. The quantitative estimate of drug-likeness (QED) is 0.740. The second kappa shape index (κ2) is 7.15. The number of carbonyl (C=O) groups excluding carboxylic acids is 2. The summed E-state index contributed by atoms with van der Waals surface area (Å²) in [4.78, 5) is 27.6. The van der Waals surface area contributed by atoms with Gasteiger partial charge in [-0.3, -0.25) is 4.79 Å².